The number of hydrogen-bond acceptors (Lipinski definition) is 3. The summed E-state index contributed by atoms with van der Waals surface area (Å²) in [5, 5.41) is 9.32. The zero-order valence-corrected chi connectivity index (χ0v) is 9.20. The maximum atomic E-state index is 13.1. The van der Waals surface area contributed by atoms with E-state index in [-0.39, 0.29) is 17.8 Å². The molecule has 16 heavy (non-hydrogen) atoms. The average Bonchev–Trinajstić information content (AvgIpc) is 2.24. The van der Waals surface area contributed by atoms with Crippen molar-refractivity contribution in [2.45, 2.75) is 6.42 Å². The SMILES string of the molecule is COc1ccc(F)cc1CC1(CO)COC1. The van der Waals surface area contributed by atoms with E-state index in [2.05, 4.69) is 0 Å². The van der Waals surface area contributed by atoms with Gasteiger partial charge < -0.3 is 14.6 Å². The molecule has 3 nitrogen and oxygen atoms in total. The minimum Gasteiger partial charge on any atom is -0.496 e. The van der Waals surface area contributed by atoms with Crippen molar-refractivity contribution in [1.29, 1.82) is 0 Å². The van der Waals surface area contributed by atoms with Crippen LogP contribution in [0.5, 0.6) is 5.75 Å². The van der Waals surface area contributed by atoms with Crippen molar-refractivity contribution < 1.29 is 19.0 Å². The Kier molecular flexibility index (Phi) is 3.12. The fourth-order valence-electron chi connectivity index (χ4n) is 1.93. The van der Waals surface area contributed by atoms with Crippen molar-refractivity contribution in [1.82, 2.24) is 0 Å². The maximum absolute atomic E-state index is 13.1. The Bertz CT molecular complexity index is 369. The van der Waals surface area contributed by atoms with E-state index in [4.69, 9.17) is 9.47 Å². The van der Waals surface area contributed by atoms with Crippen molar-refractivity contribution in [2.24, 2.45) is 5.41 Å². The number of halogens is 1. The van der Waals surface area contributed by atoms with Crippen LogP contribution in [0.3, 0.4) is 0 Å². The third kappa shape index (κ3) is 2.03. The molecule has 1 heterocycles. The van der Waals surface area contributed by atoms with E-state index in [0.29, 0.717) is 25.4 Å². The van der Waals surface area contributed by atoms with Gasteiger partial charge >= 0.3 is 0 Å². The Balaban J connectivity index is 2.22. The van der Waals surface area contributed by atoms with Gasteiger partial charge in [-0.3, -0.25) is 0 Å². The lowest BCUT2D eigenvalue weighted by Crippen LogP contribution is -2.47. The van der Waals surface area contributed by atoms with Crippen LogP contribution in [0.2, 0.25) is 0 Å². The number of rotatable bonds is 4. The summed E-state index contributed by atoms with van der Waals surface area (Å²) in [5.41, 5.74) is 0.515. The molecule has 0 radical (unpaired) electrons. The predicted octanol–water partition coefficient (Wildman–Crippen LogP) is 1.39. The van der Waals surface area contributed by atoms with Crippen LogP contribution in [0, 0.1) is 11.2 Å². The lowest BCUT2D eigenvalue weighted by Gasteiger charge is -2.40. The zero-order valence-electron chi connectivity index (χ0n) is 9.20. The topological polar surface area (TPSA) is 38.7 Å². The summed E-state index contributed by atoms with van der Waals surface area (Å²) in [6.07, 6.45) is 0.574. The minimum atomic E-state index is -0.288. The Morgan fingerprint density at radius 2 is 2.25 bits per heavy atom. The first-order valence-corrected chi connectivity index (χ1v) is 5.20. The molecule has 1 aromatic rings. The minimum absolute atomic E-state index is 0.0483. The number of aliphatic hydroxyl groups is 1. The molecule has 2 rings (SSSR count). The van der Waals surface area contributed by atoms with Crippen molar-refractivity contribution in [2.75, 3.05) is 26.9 Å². The average molecular weight is 226 g/mol. The number of aliphatic hydroxyl groups excluding tert-OH is 1. The van der Waals surface area contributed by atoms with Crippen molar-refractivity contribution >= 4 is 0 Å². The summed E-state index contributed by atoms with van der Waals surface area (Å²) < 4.78 is 23.4. The second-order valence-electron chi connectivity index (χ2n) is 4.28. The molecule has 1 aliphatic heterocycles. The van der Waals surface area contributed by atoms with Crippen LogP contribution in [0.15, 0.2) is 18.2 Å². The fourth-order valence-corrected chi connectivity index (χ4v) is 1.93. The van der Waals surface area contributed by atoms with E-state index in [1.54, 1.807) is 13.2 Å². The molecule has 1 fully saturated rings. The third-order valence-electron chi connectivity index (χ3n) is 2.96. The molecular weight excluding hydrogens is 211 g/mol. The fraction of sp³-hybridized carbons (Fsp3) is 0.500. The molecule has 1 aliphatic rings. The van der Waals surface area contributed by atoms with Gasteiger partial charge in [0, 0.05) is 5.41 Å². The molecule has 88 valence electrons. The number of benzene rings is 1. The molecule has 1 aromatic carbocycles. The summed E-state index contributed by atoms with van der Waals surface area (Å²) in [5.74, 6) is 0.366. The predicted molar refractivity (Wildman–Crippen MR) is 57.0 cm³/mol. The van der Waals surface area contributed by atoms with E-state index < -0.39 is 0 Å². The third-order valence-corrected chi connectivity index (χ3v) is 2.96. The highest BCUT2D eigenvalue weighted by Gasteiger charge is 2.38. The van der Waals surface area contributed by atoms with Crippen molar-refractivity contribution in [3.05, 3.63) is 29.6 Å². The van der Waals surface area contributed by atoms with Crippen LogP contribution in [-0.4, -0.2) is 32.0 Å². The molecule has 0 unspecified atom stereocenters. The molecule has 0 aromatic heterocycles. The largest absolute Gasteiger partial charge is 0.496 e. The van der Waals surface area contributed by atoms with Crippen LogP contribution in [0.1, 0.15) is 5.56 Å². The smallest absolute Gasteiger partial charge is 0.123 e. The van der Waals surface area contributed by atoms with Gasteiger partial charge in [-0.25, -0.2) is 4.39 Å². The molecule has 4 heteroatoms. The Morgan fingerprint density at radius 1 is 1.50 bits per heavy atom. The van der Waals surface area contributed by atoms with Gasteiger partial charge in [-0.2, -0.15) is 0 Å². The summed E-state index contributed by atoms with van der Waals surface area (Å²) in [6.45, 7) is 1.08. The molecule has 0 saturated carbocycles. The Hall–Kier alpha value is -1.13. The first-order valence-electron chi connectivity index (χ1n) is 5.20. The van der Waals surface area contributed by atoms with Crippen LogP contribution in [0.4, 0.5) is 4.39 Å². The molecule has 0 aliphatic carbocycles. The molecule has 0 atom stereocenters. The molecule has 0 amide bonds. The quantitative estimate of drug-likeness (QED) is 0.843. The van der Waals surface area contributed by atoms with Gasteiger partial charge in [0.05, 0.1) is 26.9 Å². The van der Waals surface area contributed by atoms with Gasteiger partial charge in [0.2, 0.25) is 0 Å². The second-order valence-corrected chi connectivity index (χ2v) is 4.28. The highest BCUT2D eigenvalue weighted by atomic mass is 19.1. The molecule has 0 bridgehead atoms. The van der Waals surface area contributed by atoms with E-state index in [1.807, 2.05) is 0 Å². The summed E-state index contributed by atoms with van der Waals surface area (Å²) in [6, 6.07) is 4.43. The monoisotopic (exact) mass is 226 g/mol. The first kappa shape index (κ1) is 11.4. The highest BCUT2D eigenvalue weighted by molar-refractivity contribution is 5.35. The van der Waals surface area contributed by atoms with Crippen LogP contribution in [0.25, 0.3) is 0 Å². The number of methoxy groups -OCH3 is 1. The lowest BCUT2D eigenvalue weighted by molar-refractivity contribution is -0.136. The van der Waals surface area contributed by atoms with E-state index in [1.165, 1.54) is 12.1 Å². The summed E-state index contributed by atoms with van der Waals surface area (Å²) in [4.78, 5) is 0. The lowest BCUT2D eigenvalue weighted by atomic mass is 9.80. The van der Waals surface area contributed by atoms with Crippen LogP contribution < -0.4 is 4.74 Å². The molecule has 1 saturated heterocycles. The summed E-state index contributed by atoms with van der Waals surface area (Å²) >= 11 is 0. The standard InChI is InChI=1S/C12H15FO3/c1-15-11-3-2-10(13)4-9(11)5-12(6-14)7-16-8-12/h2-4,14H,5-8H2,1H3. The normalized spacial score (nSPS) is 17.9. The Morgan fingerprint density at radius 3 is 2.75 bits per heavy atom. The maximum Gasteiger partial charge on any atom is 0.123 e. The van der Waals surface area contributed by atoms with Gasteiger partial charge in [-0.1, -0.05) is 0 Å². The Labute approximate surface area is 93.8 Å². The van der Waals surface area contributed by atoms with Crippen LogP contribution in [-0.2, 0) is 11.2 Å². The van der Waals surface area contributed by atoms with Gasteiger partial charge in [0.1, 0.15) is 11.6 Å². The molecule has 1 N–H and O–H groups in total. The summed E-state index contributed by atoms with van der Waals surface area (Å²) in [7, 11) is 1.56. The molecular formula is C12H15FO3. The number of hydrogen-bond donors (Lipinski definition) is 1. The van der Waals surface area contributed by atoms with Gasteiger partial charge in [-0.05, 0) is 30.2 Å². The van der Waals surface area contributed by atoms with Gasteiger partial charge in [0.25, 0.3) is 0 Å². The first-order chi connectivity index (χ1) is 7.69. The second kappa shape index (κ2) is 4.39. The van der Waals surface area contributed by atoms with Gasteiger partial charge in [-0.15, -0.1) is 0 Å². The highest BCUT2D eigenvalue weighted by Crippen LogP contribution is 2.34. The van der Waals surface area contributed by atoms with Crippen molar-refractivity contribution in [3.63, 3.8) is 0 Å². The van der Waals surface area contributed by atoms with E-state index >= 15 is 0 Å². The van der Waals surface area contributed by atoms with Crippen LogP contribution >= 0.6 is 0 Å². The zero-order chi connectivity index (χ0) is 11.6. The van der Waals surface area contributed by atoms with E-state index in [9.17, 15) is 9.50 Å². The van der Waals surface area contributed by atoms with Gasteiger partial charge in [0.15, 0.2) is 0 Å². The van der Waals surface area contributed by atoms with E-state index in [0.717, 1.165) is 5.56 Å². The molecule has 0 spiro atoms. The van der Waals surface area contributed by atoms with Crippen molar-refractivity contribution in [3.8, 4) is 5.75 Å². The number of ether oxygens (including phenoxy) is 2.